The van der Waals surface area contributed by atoms with E-state index in [2.05, 4.69) is 98.7 Å². The van der Waals surface area contributed by atoms with Crippen molar-refractivity contribution in [2.45, 2.75) is 197 Å². The van der Waals surface area contributed by atoms with Gasteiger partial charge in [-0.1, -0.05) is 153 Å². The molecule has 3 rings (SSSR count). The van der Waals surface area contributed by atoms with Crippen LogP contribution in [0, 0.1) is 41.5 Å². The molecule has 53 heavy (non-hydrogen) atoms. The molecule has 0 heterocycles. The smallest absolute Gasteiger partial charge is 0.385 e. The first kappa shape index (κ1) is 44.7. The first-order valence-corrected chi connectivity index (χ1v) is 23.0. The van der Waals surface area contributed by atoms with Gasteiger partial charge in [0.1, 0.15) is 17.2 Å². The molecule has 0 spiro atoms. The highest BCUT2D eigenvalue weighted by molar-refractivity contribution is 7.49. The van der Waals surface area contributed by atoms with Crippen LogP contribution in [-0.2, 0) is 23.8 Å². The molecule has 0 aromatic heterocycles. The number of phosphoric acid groups is 1. The Balaban J connectivity index is 2.05. The summed E-state index contributed by atoms with van der Waals surface area (Å²) < 4.78 is 36.0. The van der Waals surface area contributed by atoms with Crippen LogP contribution in [0.1, 0.15) is 186 Å². The topological polar surface area (TPSA) is 44.8 Å². The van der Waals surface area contributed by atoms with Gasteiger partial charge >= 0.3 is 7.82 Å². The number of hydrogen-bond acceptors (Lipinski definition) is 4. The van der Waals surface area contributed by atoms with Gasteiger partial charge in [-0.15, -0.1) is 0 Å². The summed E-state index contributed by atoms with van der Waals surface area (Å²) in [5.41, 5.74) is 9.47. The van der Waals surface area contributed by atoms with Crippen molar-refractivity contribution in [1.82, 2.24) is 0 Å². The molecule has 0 saturated heterocycles. The minimum atomic E-state index is -4.27. The Bertz CT molecular complexity index is 1390. The molecule has 0 aliphatic rings. The quantitative estimate of drug-likeness (QED) is 0.0575. The van der Waals surface area contributed by atoms with Crippen LogP contribution in [0.5, 0.6) is 17.2 Å². The SMILES string of the molecule is CCCCCCCCc1ccc(C)c(C)c1OP(=O)(Oc1c(CCCCCCCC)ccc(C)c1C)Oc1c(CCCCCCCC)ccc(C)c1C. The molecule has 0 unspecified atom stereocenters. The van der Waals surface area contributed by atoms with Crippen LogP contribution >= 0.6 is 7.82 Å². The normalized spacial score (nSPS) is 11.6. The summed E-state index contributed by atoms with van der Waals surface area (Å²) in [5, 5.41) is 0. The molecule has 0 aliphatic heterocycles. The van der Waals surface area contributed by atoms with Gasteiger partial charge in [0.05, 0.1) is 0 Å². The highest BCUT2D eigenvalue weighted by Gasteiger charge is 2.37. The lowest BCUT2D eigenvalue weighted by Gasteiger charge is -2.26. The predicted molar refractivity (Wildman–Crippen MR) is 228 cm³/mol. The van der Waals surface area contributed by atoms with Crippen molar-refractivity contribution in [2.75, 3.05) is 0 Å². The lowest BCUT2D eigenvalue weighted by Crippen LogP contribution is -2.13. The molecule has 5 heteroatoms. The van der Waals surface area contributed by atoms with E-state index in [0.29, 0.717) is 17.2 Å². The summed E-state index contributed by atoms with van der Waals surface area (Å²) >= 11 is 0. The zero-order valence-electron chi connectivity index (χ0n) is 35.4. The molecule has 0 N–H and O–H groups in total. The van der Waals surface area contributed by atoms with E-state index in [0.717, 1.165) is 88.6 Å². The van der Waals surface area contributed by atoms with Crippen molar-refractivity contribution in [3.8, 4) is 17.2 Å². The van der Waals surface area contributed by atoms with Gasteiger partial charge in [-0.2, -0.15) is 4.57 Å². The molecule has 3 aromatic carbocycles. The van der Waals surface area contributed by atoms with E-state index in [-0.39, 0.29) is 0 Å². The van der Waals surface area contributed by atoms with E-state index in [1.54, 1.807) is 0 Å². The molecular formula is C48H75O4P. The molecule has 4 nitrogen and oxygen atoms in total. The van der Waals surface area contributed by atoms with E-state index in [1.165, 1.54) is 96.3 Å². The third-order valence-electron chi connectivity index (χ3n) is 11.3. The highest BCUT2D eigenvalue weighted by Crippen LogP contribution is 2.54. The highest BCUT2D eigenvalue weighted by atomic mass is 31.2. The van der Waals surface area contributed by atoms with E-state index < -0.39 is 7.82 Å². The number of hydrogen-bond donors (Lipinski definition) is 0. The molecule has 3 aromatic rings. The predicted octanol–water partition coefficient (Wildman–Crippen LogP) is 15.9. The van der Waals surface area contributed by atoms with Gasteiger partial charge in [-0.3, -0.25) is 0 Å². The summed E-state index contributed by atoms with van der Waals surface area (Å²) in [6.45, 7) is 19.3. The Kier molecular flexibility index (Phi) is 20.2. The van der Waals surface area contributed by atoms with Crippen molar-refractivity contribution in [1.29, 1.82) is 0 Å². The molecule has 0 fully saturated rings. The average Bonchev–Trinajstić information content (AvgIpc) is 3.14. The van der Waals surface area contributed by atoms with Gasteiger partial charge < -0.3 is 13.6 Å². The molecule has 296 valence electrons. The van der Waals surface area contributed by atoms with Crippen molar-refractivity contribution in [3.63, 3.8) is 0 Å². The van der Waals surface area contributed by atoms with Crippen LogP contribution in [-0.4, -0.2) is 0 Å². The van der Waals surface area contributed by atoms with E-state index >= 15 is 4.57 Å². The number of benzene rings is 3. The fourth-order valence-electron chi connectivity index (χ4n) is 7.19. The molecule has 0 atom stereocenters. The number of rotatable bonds is 27. The Morgan fingerprint density at radius 3 is 0.887 bits per heavy atom. The summed E-state index contributed by atoms with van der Waals surface area (Å²) in [6, 6.07) is 12.9. The summed E-state index contributed by atoms with van der Waals surface area (Å²) in [6.07, 6.45) is 24.4. The van der Waals surface area contributed by atoms with Crippen LogP contribution in [0.4, 0.5) is 0 Å². The lowest BCUT2D eigenvalue weighted by molar-refractivity contribution is 0.292. The fourth-order valence-corrected chi connectivity index (χ4v) is 8.73. The Morgan fingerprint density at radius 2 is 0.623 bits per heavy atom. The Morgan fingerprint density at radius 1 is 0.377 bits per heavy atom. The van der Waals surface area contributed by atoms with Crippen molar-refractivity contribution >= 4 is 7.82 Å². The number of aryl methyl sites for hydroxylation is 6. The zero-order chi connectivity index (χ0) is 38.6. The second kappa shape index (κ2) is 23.9. The van der Waals surface area contributed by atoms with Crippen molar-refractivity contribution < 1.29 is 18.1 Å². The van der Waals surface area contributed by atoms with Crippen LogP contribution in [0.25, 0.3) is 0 Å². The second-order valence-corrected chi connectivity index (χ2v) is 17.2. The van der Waals surface area contributed by atoms with E-state index in [9.17, 15) is 0 Å². The van der Waals surface area contributed by atoms with Gasteiger partial charge in [-0.05, 0) is 130 Å². The molecule has 0 bridgehead atoms. The molecule has 0 aliphatic carbocycles. The van der Waals surface area contributed by atoms with Gasteiger partial charge in [0.25, 0.3) is 0 Å². The first-order chi connectivity index (χ1) is 25.5. The summed E-state index contributed by atoms with van der Waals surface area (Å²) in [5.74, 6) is 1.94. The van der Waals surface area contributed by atoms with Crippen LogP contribution in [0.3, 0.4) is 0 Å². The Labute approximate surface area is 325 Å². The van der Waals surface area contributed by atoms with Gasteiger partial charge in [-0.25, -0.2) is 0 Å². The maximum absolute atomic E-state index is 15.6. The first-order valence-electron chi connectivity index (χ1n) is 21.5. The van der Waals surface area contributed by atoms with Crippen LogP contribution in [0.15, 0.2) is 36.4 Å². The fraction of sp³-hybridized carbons (Fsp3) is 0.625. The van der Waals surface area contributed by atoms with Crippen LogP contribution in [0.2, 0.25) is 0 Å². The average molecular weight is 747 g/mol. The van der Waals surface area contributed by atoms with Gasteiger partial charge in [0, 0.05) is 0 Å². The molecular weight excluding hydrogens is 671 g/mol. The second-order valence-electron chi connectivity index (χ2n) is 15.8. The maximum Gasteiger partial charge on any atom is 0.647 e. The molecule has 0 amide bonds. The Hall–Kier alpha value is -2.71. The largest absolute Gasteiger partial charge is 0.647 e. The lowest BCUT2D eigenvalue weighted by atomic mass is 9.99. The standard InChI is InChI=1S/C48H75O4P/c1-10-13-16-19-22-25-28-43-34-31-37(4)40(7)46(43)50-53(49,51-47-41(8)38(5)32-35-44(47)29-26-23-20-17-14-11-2)52-48-42(9)39(6)33-36-45(48)30-27-24-21-18-15-12-3/h31-36H,10-30H2,1-9H3. The summed E-state index contributed by atoms with van der Waals surface area (Å²) in [7, 11) is -4.27. The minimum Gasteiger partial charge on any atom is -0.385 e. The van der Waals surface area contributed by atoms with Gasteiger partial charge in [0.15, 0.2) is 0 Å². The number of phosphoric ester groups is 1. The maximum atomic E-state index is 15.6. The zero-order valence-corrected chi connectivity index (χ0v) is 36.3. The third kappa shape index (κ3) is 14.5. The van der Waals surface area contributed by atoms with E-state index in [4.69, 9.17) is 13.6 Å². The minimum absolute atomic E-state index is 0.646. The van der Waals surface area contributed by atoms with Crippen molar-refractivity contribution in [2.24, 2.45) is 0 Å². The third-order valence-corrected chi connectivity index (χ3v) is 12.5. The molecule has 0 radical (unpaired) electrons. The monoisotopic (exact) mass is 747 g/mol. The van der Waals surface area contributed by atoms with Gasteiger partial charge in [0.2, 0.25) is 0 Å². The molecule has 0 saturated carbocycles. The summed E-state index contributed by atoms with van der Waals surface area (Å²) in [4.78, 5) is 0. The number of unbranched alkanes of at least 4 members (excludes halogenated alkanes) is 15. The van der Waals surface area contributed by atoms with Crippen molar-refractivity contribution in [3.05, 3.63) is 86.5 Å². The van der Waals surface area contributed by atoms with Crippen LogP contribution < -0.4 is 13.6 Å². The van der Waals surface area contributed by atoms with E-state index in [1.807, 2.05) is 0 Å².